The molecule has 2 fully saturated rings. The van der Waals surface area contributed by atoms with E-state index in [9.17, 15) is 15.0 Å². The third-order valence-electron chi connectivity index (χ3n) is 12.6. The molecule has 1 amide bonds. The number of carbonyl (C=O) groups excluding carboxylic acids is 1. The van der Waals surface area contributed by atoms with Crippen molar-refractivity contribution in [2.75, 3.05) is 39.2 Å². The van der Waals surface area contributed by atoms with Gasteiger partial charge in [-0.05, 0) is 117 Å². The van der Waals surface area contributed by atoms with Crippen molar-refractivity contribution in [3.05, 3.63) is 108 Å². The third-order valence-corrected chi connectivity index (χ3v) is 13.4. The Hall–Kier alpha value is -4.33. The number of rotatable bonds is 21. The van der Waals surface area contributed by atoms with Gasteiger partial charge >= 0.3 is 6.09 Å². The second kappa shape index (κ2) is 22.3. The summed E-state index contributed by atoms with van der Waals surface area (Å²) in [6.45, 7) is 7.61. The molecule has 1 saturated heterocycles. The maximum absolute atomic E-state index is 14.6. The normalized spacial score (nSPS) is 25.7. The first-order chi connectivity index (χ1) is 30.4. The molecule has 2 aliphatic carbocycles. The monoisotopic (exact) mass is 868 g/mol. The Labute approximate surface area is 371 Å². The standard InChI is InChI=1S/C50H64N2O9S/c1-4-26-52(49(55)57-34-35-15-7-6-8-16-35)45-33-43(51-61-46-19-11-14-30-56-46)41-31-36(17-9-12-27-53)40(18-10-13-28-54)47-42-32-38(59-37-20-23-39(62-3)24-21-37)22-25-44(42)60-50(45,48(41)47)58-29-5-2/h5-8,15-16,20-25,31-32,36,40,45-48,53-54H,2,4,9-14,17-19,26-30,33-34H2,1,3H3/t36-,40+,45-,46?,47+,48+,50+/m0/s1. The molecule has 4 aliphatic rings. The number of carbonyl (C=O) groups is 1. The Morgan fingerprint density at radius 2 is 1.77 bits per heavy atom. The molecule has 2 heterocycles. The molecule has 1 saturated carbocycles. The smallest absolute Gasteiger partial charge is 0.410 e. The van der Waals surface area contributed by atoms with Crippen LogP contribution in [-0.4, -0.2) is 84.3 Å². The molecule has 12 heteroatoms. The summed E-state index contributed by atoms with van der Waals surface area (Å²) < 4.78 is 33.2. The first-order valence-electron chi connectivity index (χ1n) is 22.6. The maximum atomic E-state index is 14.6. The van der Waals surface area contributed by atoms with Gasteiger partial charge in [0.25, 0.3) is 0 Å². The predicted octanol–water partition coefficient (Wildman–Crippen LogP) is 10.4. The molecule has 2 aliphatic heterocycles. The van der Waals surface area contributed by atoms with E-state index in [0.29, 0.717) is 43.9 Å². The SMILES string of the molecule is C=CCO[C@@]12Oc3ccc(Oc4ccc(SC)cc4)cc3[C@H]3[C@H](CCCCO)[C@@H](CCCCO)C=C(C(=NOC4CCCCO4)C[C@@H]1N(CCC)C(=O)OCc1ccccc1)[C@H]32. The van der Waals surface area contributed by atoms with E-state index in [1.807, 2.05) is 61.5 Å². The molecule has 3 aromatic carbocycles. The first kappa shape index (κ1) is 45.7. The average molecular weight is 869 g/mol. The van der Waals surface area contributed by atoms with Crippen molar-refractivity contribution in [2.24, 2.45) is 22.9 Å². The minimum Gasteiger partial charge on any atom is -0.459 e. The topological polar surface area (TPSA) is 129 Å². The fourth-order valence-corrected chi connectivity index (χ4v) is 10.2. The molecule has 0 aromatic heterocycles. The van der Waals surface area contributed by atoms with Gasteiger partial charge in [-0.1, -0.05) is 67.4 Å². The summed E-state index contributed by atoms with van der Waals surface area (Å²) in [7, 11) is 0. The lowest BCUT2D eigenvalue weighted by atomic mass is 9.55. The highest BCUT2D eigenvalue weighted by Crippen LogP contribution is 2.62. The molecule has 0 spiro atoms. The van der Waals surface area contributed by atoms with Gasteiger partial charge in [0, 0.05) is 49.0 Å². The minimum absolute atomic E-state index is 0.0757. The van der Waals surface area contributed by atoms with E-state index in [-0.39, 0.29) is 50.6 Å². The van der Waals surface area contributed by atoms with Crippen LogP contribution in [0.5, 0.6) is 17.2 Å². The average Bonchev–Trinajstić information content (AvgIpc) is 3.31. The van der Waals surface area contributed by atoms with Crippen LogP contribution in [0, 0.1) is 17.8 Å². The number of hydrogen-bond donors (Lipinski definition) is 2. The van der Waals surface area contributed by atoms with Crippen LogP contribution in [0.2, 0.25) is 0 Å². The van der Waals surface area contributed by atoms with Gasteiger partial charge in [0.1, 0.15) is 29.9 Å². The number of aliphatic hydroxyl groups excluding tert-OH is 2. The maximum Gasteiger partial charge on any atom is 0.410 e. The van der Waals surface area contributed by atoms with Crippen molar-refractivity contribution >= 4 is 23.6 Å². The highest BCUT2D eigenvalue weighted by molar-refractivity contribution is 7.98. The number of fused-ring (bicyclic) bond motifs is 2. The molecule has 7 rings (SSSR count). The van der Waals surface area contributed by atoms with E-state index in [1.165, 1.54) is 0 Å². The molecular formula is C50H64N2O9S. The van der Waals surface area contributed by atoms with Gasteiger partial charge < -0.3 is 38.7 Å². The van der Waals surface area contributed by atoms with Gasteiger partial charge in [0.05, 0.1) is 24.8 Å². The number of unbranched alkanes of at least 4 members (excludes halogenated alkanes) is 2. The van der Waals surface area contributed by atoms with E-state index in [0.717, 1.165) is 78.0 Å². The third kappa shape index (κ3) is 10.5. The number of amides is 1. The molecule has 11 nitrogen and oxygen atoms in total. The molecule has 1 unspecified atom stereocenters. The van der Waals surface area contributed by atoms with Gasteiger partial charge in [-0.2, -0.15) is 0 Å². The van der Waals surface area contributed by atoms with Crippen LogP contribution in [0.25, 0.3) is 0 Å². The number of ether oxygens (including phenoxy) is 5. The number of nitrogens with zero attached hydrogens (tertiary/aromatic N) is 2. The Morgan fingerprint density at radius 3 is 2.48 bits per heavy atom. The van der Waals surface area contributed by atoms with E-state index in [2.05, 4.69) is 37.1 Å². The van der Waals surface area contributed by atoms with E-state index in [4.69, 9.17) is 33.7 Å². The summed E-state index contributed by atoms with van der Waals surface area (Å²) in [5.74, 6) is 0.217. The Balaban J connectivity index is 1.40. The zero-order valence-corrected chi connectivity index (χ0v) is 37.1. The zero-order valence-electron chi connectivity index (χ0n) is 36.3. The fourth-order valence-electron chi connectivity index (χ4n) is 9.83. The van der Waals surface area contributed by atoms with Gasteiger partial charge in [0.2, 0.25) is 12.1 Å². The van der Waals surface area contributed by atoms with Crippen molar-refractivity contribution in [3.8, 4) is 17.2 Å². The Kier molecular flexibility index (Phi) is 16.5. The molecule has 0 bridgehead atoms. The van der Waals surface area contributed by atoms with Crippen LogP contribution in [0.3, 0.4) is 0 Å². The molecule has 62 heavy (non-hydrogen) atoms. The predicted molar refractivity (Wildman–Crippen MR) is 242 cm³/mol. The molecule has 7 atom stereocenters. The quantitative estimate of drug-likeness (QED) is 0.0462. The lowest BCUT2D eigenvalue weighted by Gasteiger charge is -2.60. The molecular weight excluding hydrogens is 805 g/mol. The summed E-state index contributed by atoms with van der Waals surface area (Å²) in [4.78, 5) is 23.8. The Morgan fingerprint density at radius 1 is 1.00 bits per heavy atom. The Bertz CT molecular complexity index is 1970. The zero-order chi connectivity index (χ0) is 43.3. The number of hydrogen-bond acceptors (Lipinski definition) is 11. The van der Waals surface area contributed by atoms with Gasteiger partial charge in [-0.15, -0.1) is 18.3 Å². The molecule has 334 valence electrons. The van der Waals surface area contributed by atoms with Crippen molar-refractivity contribution in [3.63, 3.8) is 0 Å². The van der Waals surface area contributed by atoms with Crippen LogP contribution < -0.4 is 9.47 Å². The summed E-state index contributed by atoms with van der Waals surface area (Å²) in [6.07, 6.45) is 13.5. The fraction of sp³-hybridized carbons (Fsp3) is 0.520. The van der Waals surface area contributed by atoms with Crippen LogP contribution in [0.15, 0.2) is 107 Å². The summed E-state index contributed by atoms with van der Waals surface area (Å²) in [5, 5.41) is 24.9. The second-order valence-corrected chi connectivity index (χ2v) is 17.6. The second-order valence-electron chi connectivity index (χ2n) is 16.7. The van der Waals surface area contributed by atoms with Gasteiger partial charge in [-0.25, -0.2) is 4.79 Å². The van der Waals surface area contributed by atoms with E-state index < -0.39 is 30.1 Å². The lowest BCUT2D eigenvalue weighted by molar-refractivity contribution is -0.255. The number of oxime groups is 1. The number of aliphatic hydroxyl groups is 2. The summed E-state index contributed by atoms with van der Waals surface area (Å²) >= 11 is 1.68. The largest absolute Gasteiger partial charge is 0.459 e. The van der Waals surface area contributed by atoms with Crippen molar-refractivity contribution in [2.45, 2.75) is 113 Å². The van der Waals surface area contributed by atoms with Crippen LogP contribution in [0.1, 0.15) is 94.6 Å². The summed E-state index contributed by atoms with van der Waals surface area (Å²) in [5.41, 5.74) is 3.57. The number of allylic oxidation sites excluding steroid dienone is 1. The highest BCUT2D eigenvalue weighted by Gasteiger charge is 2.65. The molecule has 0 radical (unpaired) electrons. The van der Waals surface area contributed by atoms with Crippen LogP contribution in [-0.2, 0) is 25.7 Å². The number of thioether (sulfide) groups is 1. The van der Waals surface area contributed by atoms with Crippen molar-refractivity contribution in [1.29, 1.82) is 0 Å². The number of benzene rings is 3. The first-order valence-corrected chi connectivity index (χ1v) is 23.8. The van der Waals surface area contributed by atoms with Crippen LogP contribution >= 0.6 is 11.8 Å². The van der Waals surface area contributed by atoms with Crippen LogP contribution in [0.4, 0.5) is 4.79 Å². The molecule has 2 N–H and O–H groups in total. The summed E-state index contributed by atoms with van der Waals surface area (Å²) in [6, 6.07) is 23.1. The lowest BCUT2D eigenvalue weighted by Crippen LogP contribution is -2.70. The van der Waals surface area contributed by atoms with Crippen molar-refractivity contribution < 1.29 is 43.5 Å². The van der Waals surface area contributed by atoms with Gasteiger partial charge in [0.15, 0.2) is 0 Å². The van der Waals surface area contributed by atoms with Gasteiger partial charge in [-0.3, -0.25) is 4.90 Å². The highest BCUT2D eigenvalue weighted by atomic mass is 32.2. The van der Waals surface area contributed by atoms with Crippen molar-refractivity contribution in [1.82, 2.24) is 4.90 Å². The van der Waals surface area contributed by atoms with E-state index >= 15 is 0 Å². The molecule has 3 aromatic rings. The van der Waals surface area contributed by atoms with E-state index in [1.54, 1.807) is 22.7 Å². The minimum atomic E-state index is -1.39.